The Morgan fingerprint density at radius 3 is 1.11 bits per heavy atom. The highest BCUT2D eigenvalue weighted by molar-refractivity contribution is 6.03. The van der Waals surface area contributed by atoms with E-state index >= 15 is 0 Å². The molecule has 0 spiro atoms. The molecule has 0 bridgehead atoms. The summed E-state index contributed by atoms with van der Waals surface area (Å²) in [4.78, 5) is 64.8. The maximum Gasteiger partial charge on any atom is 0.248 e. The Morgan fingerprint density at radius 1 is 0.515 bits per heavy atom. The predicted molar refractivity (Wildman–Crippen MR) is 246 cm³/mol. The first kappa shape index (κ1) is 47.0. The highest BCUT2D eigenvalue weighted by atomic mass is 16.5. The van der Waals surface area contributed by atoms with Crippen molar-refractivity contribution in [3.05, 3.63) is 131 Å². The molecular weight excluding hydrogens is 849 g/mol. The molecule has 4 heterocycles. The number of aromatic nitrogens is 2. The van der Waals surface area contributed by atoms with Crippen molar-refractivity contribution in [1.29, 1.82) is 0 Å². The molecule has 2 aromatic heterocycles. The number of carbonyl (C=O) groups excluding carboxylic acids is 5. The van der Waals surface area contributed by atoms with Gasteiger partial charge in [0, 0.05) is 45.8 Å². The smallest absolute Gasteiger partial charge is 0.248 e. The fourth-order valence-corrected chi connectivity index (χ4v) is 7.69. The van der Waals surface area contributed by atoms with Gasteiger partial charge in [0.2, 0.25) is 35.1 Å². The first-order valence-corrected chi connectivity index (χ1v) is 20.2. The summed E-state index contributed by atoms with van der Waals surface area (Å²) in [6.45, 7) is 2.00. The third-order valence-corrected chi connectivity index (χ3v) is 11.1. The molecule has 4 aromatic carbocycles. The van der Waals surface area contributed by atoms with Gasteiger partial charge in [0.25, 0.3) is 0 Å². The maximum absolute atomic E-state index is 12.7. The zero-order valence-corrected chi connectivity index (χ0v) is 37.1. The van der Waals surface area contributed by atoms with Crippen LogP contribution in [0.5, 0.6) is 34.5 Å². The molecule has 340 valence electrons. The van der Waals surface area contributed by atoms with E-state index in [1.165, 1.54) is 0 Å². The number of primary amides is 2. The SMILES string of the molecule is C=O.COc1cc(-c2cnc3c(c2)C(Cc2ccc(C(N)=O)cc2)C(=O)N3)cc(OC)c1OC.COc1cc(-c2cnc3c(c2)C(Cc2ccc(C(N)=O)cc2)C(=O)N3)cc(OC)c1OC. The number of nitrogens with two attached hydrogens (primary N) is 2. The monoisotopic (exact) mass is 896 g/mol. The standard InChI is InChI=1S/2C24H23N3O5.CH2O/c2*1-30-19-10-15(11-20(31-2)21(19)32-3)16-9-17-18(24(29)27-23(17)26-12-16)8-13-4-6-14(7-5-13)22(25)28;1-2/h2*4-7,9-12,18H,8H2,1-3H3,(H2,25,28)(H,26,27,29);1H2. The van der Waals surface area contributed by atoms with Gasteiger partial charge in [-0.05, 0) is 95.8 Å². The van der Waals surface area contributed by atoms with Crippen molar-refractivity contribution in [2.75, 3.05) is 53.3 Å². The van der Waals surface area contributed by atoms with Gasteiger partial charge in [-0.3, -0.25) is 19.2 Å². The van der Waals surface area contributed by atoms with Crippen molar-refractivity contribution >= 4 is 42.1 Å². The molecule has 6 aromatic rings. The third-order valence-electron chi connectivity index (χ3n) is 11.1. The van der Waals surface area contributed by atoms with Gasteiger partial charge in [0.15, 0.2) is 23.0 Å². The number of carbonyl (C=O) groups is 5. The number of ether oxygens (including phenoxy) is 6. The minimum Gasteiger partial charge on any atom is -0.493 e. The van der Waals surface area contributed by atoms with E-state index in [0.717, 1.165) is 44.5 Å². The number of rotatable bonds is 14. The number of hydrogen-bond donors (Lipinski definition) is 4. The van der Waals surface area contributed by atoms with Crippen LogP contribution in [-0.2, 0) is 27.2 Å². The average molecular weight is 897 g/mol. The van der Waals surface area contributed by atoms with Gasteiger partial charge in [0.1, 0.15) is 18.4 Å². The van der Waals surface area contributed by atoms with Crippen molar-refractivity contribution in [3.63, 3.8) is 0 Å². The second kappa shape index (κ2) is 20.8. The van der Waals surface area contributed by atoms with Crippen LogP contribution in [0.15, 0.2) is 97.3 Å². The molecule has 2 aliphatic rings. The van der Waals surface area contributed by atoms with Crippen molar-refractivity contribution in [3.8, 4) is 56.8 Å². The van der Waals surface area contributed by atoms with Crippen LogP contribution >= 0.6 is 0 Å². The molecule has 6 N–H and O–H groups in total. The van der Waals surface area contributed by atoms with Crippen molar-refractivity contribution < 1.29 is 52.4 Å². The second-order valence-corrected chi connectivity index (χ2v) is 14.8. The first-order valence-electron chi connectivity index (χ1n) is 20.2. The molecule has 4 amide bonds. The van der Waals surface area contributed by atoms with E-state index in [4.69, 9.17) is 44.7 Å². The molecule has 0 saturated carbocycles. The summed E-state index contributed by atoms with van der Waals surface area (Å²) in [5, 5.41) is 5.69. The van der Waals surface area contributed by atoms with Gasteiger partial charge >= 0.3 is 0 Å². The lowest BCUT2D eigenvalue weighted by Gasteiger charge is -2.15. The Morgan fingerprint density at radius 2 is 0.833 bits per heavy atom. The van der Waals surface area contributed by atoms with Gasteiger partial charge in [-0.1, -0.05) is 24.3 Å². The summed E-state index contributed by atoms with van der Waals surface area (Å²) >= 11 is 0. The average Bonchev–Trinajstić information content (AvgIpc) is 3.83. The molecule has 0 aliphatic carbocycles. The van der Waals surface area contributed by atoms with E-state index in [2.05, 4.69) is 20.6 Å². The summed E-state index contributed by atoms with van der Waals surface area (Å²) < 4.78 is 32.6. The van der Waals surface area contributed by atoms with E-state index in [1.807, 2.05) is 67.5 Å². The number of nitrogens with zero attached hydrogens (tertiary/aromatic N) is 2. The van der Waals surface area contributed by atoms with Crippen LogP contribution in [0.4, 0.5) is 11.6 Å². The van der Waals surface area contributed by atoms with Gasteiger partial charge in [-0.2, -0.15) is 0 Å². The number of nitrogens with one attached hydrogen (secondary N) is 2. The molecule has 2 unspecified atom stereocenters. The molecule has 8 rings (SSSR count). The molecular formula is C49H48N6O11. The molecule has 0 fully saturated rings. The molecule has 2 aliphatic heterocycles. The van der Waals surface area contributed by atoms with E-state index in [9.17, 15) is 19.2 Å². The van der Waals surface area contributed by atoms with Crippen molar-refractivity contribution in [2.24, 2.45) is 11.5 Å². The Balaban J connectivity index is 0.000000210. The highest BCUT2D eigenvalue weighted by Crippen LogP contribution is 2.44. The number of methoxy groups -OCH3 is 6. The molecule has 66 heavy (non-hydrogen) atoms. The lowest BCUT2D eigenvalue weighted by molar-refractivity contribution is -0.117. The number of benzene rings is 4. The summed E-state index contributed by atoms with van der Waals surface area (Å²) in [7, 11) is 9.34. The number of anilines is 2. The van der Waals surface area contributed by atoms with Crippen LogP contribution in [0.2, 0.25) is 0 Å². The van der Waals surface area contributed by atoms with Gasteiger partial charge in [0.05, 0.1) is 54.5 Å². The van der Waals surface area contributed by atoms with Crippen LogP contribution < -0.4 is 50.5 Å². The van der Waals surface area contributed by atoms with E-state index in [0.29, 0.717) is 70.1 Å². The lowest BCUT2D eigenvalue weighted by atomic mass is 9.92. The summed E-state index contributed by atoms with van der Waals surface area (Å²) in [6.07, 6.45) is 4.34. The quantitative estimate of drug-likeness (QED) is 0.0965. The van der Waals surface area contributed by atoms with Gasteiger partial charge in [-0.15, -0.1) is 0 Å². The summed E-state index contributed by atoms with van der Waals surface area (Å²) in [5.41, 5.74) is 18.2. The lowest BCUT2D eigenvalue weighted by Crippen LogP contribution is -2.15. The van der Waals surface area contributed by atoms with Crippen LogP contribution in [0.3, 0.4) is 0 Å². The number of pyridine rings is 2. The minimum atomic E-state index is -0.486. The second-order valence-electron chi connectivity index (χ2n) is 14.8. The Labute approximate surface area is 380 Å². The van der Waals surface area contributed by atoms with E-state index < -0.39 is 23.7 Å². The fraction of sp³-hybridized carbons (Fsp3) is 0.204. The zero-order valence-electron chi connectivity index (χ0n) is 37.1. The maximum atomic E-state index is 12.7. The van der Waals surface area contributed by atoms with Gasteiger partial charge in [-0.25, -0.2) is 9.97 Å². The minimum absolute atomic E-state index is 0.117. The topological polar surface area (TPSA) is 243 Å². The van der Waals surface area contributed by atoms with Crippen molar-refractivity contribution in [2.45, 2.75) is 24.7 Å². The fourth-order valence-electron chi connectivity index (χ4n) is 7.69. The number of amides is 4. The van der Waals surface area contributed by atoms with Crippen molar-refractivity contribution in [1.82, 2.24) is 9.97 Å². The number of fused-ring (bicyclic) bond motifs is 2. The van der Waals surface area contributed by atoms with Crippen LogP contribution in [0.1, 0.15) is 54.8 Å². The molecule has 2 atom stereocenters. The summed E-state index contributed by atoms with van der Waals surface area (Å²) in [5.74, 6) is 2.20. The Kier molecular flexibility index (Phi) is 14.8. The van der Waals surface area contributed by atoms with Crippen LogP contribution in [0.25, 0.3) is 22.3 Å². The van der Waals surface area contributed by atoms with Crippen LogP contribution in [-0.4, -0.2) is 83.0 Å². The molecule has 17 nitrogen and oxygen atoms in total. The predicted octanol–water partition coefficient (Wildman–Crippen LogP) is 6.12. The van der Waals surface area contributed by atoms with Gasteiger partial charge < -0.3 is 55.3 Å². The Hall–Kier alpha value is -8.47. The zero-order chi connectivity index (χ0) is 47.7. The first-order chi connectivity index (χ1) is 31.9. The Bertz CT molecular complexity index is 2540. The normalized spacial score (nSPS) is 14.1. The van der Waals surface area contributed by atoms with E-state index in [-0.39, 0.29) is 11.8 Å². The largest absolute Gasteiger partial charge is 0.493 e. The highest BCUT2D eigenvalue weighted by Gasteiger charge is 2.34. The summed E-state index contributed by atoms with van der Waals surface area (Å²) in [6, 6.07) is 25.1. The third kappa shape index (κ3) is 9.84. The molecule has 17 heteroatoms. The number of hydrogen-bond acceptors (Lipinski definition) is 13. The molecule has 0 radical (unpaired) electrons. The van der Waals surface area contributed by atoms with Crippen LogP contribution in [0, 0.1) is 0 Å². The molecule has 0 saturated heterocycles. The van der Waals surface area contributed by atoms with E-state index in [1.54, 1.807) is 79.3 Å².